The number of hydrogen-bond donors (Lipinski definition) is 0. The molecule has 0 unspecified atom stereocenters. The Bertz CT molecular complexity index is 267. The van der Waals surface area contributed by atoms with Crippen molar-refractivity contribution >= 4 is 11.6 Å². The van der Waals surface area contributed by atoms with Crippen LogP contribution >= 0.6 is 11.6 Å². The highest BCUT2D eigenvalue weighted by Crippen LogP contribution is 2.13. The van der Waals surface area contributed by atoms with E-state index in [1.165, 1.54) is 0 Å². The van der Waals surface area contributed by atoms with Crippen molar-refractivity contribution in [2.45, 2.75) is 34.6 Å². The second-order valence-electron chi connectivity index (χ2n) is 2.13. The van der Waals surface area contributed by atoms with Crippen LogP contribution in [0, 0.1) is 18.3 Å². The van der Waals surface area contributed by atoms with Crippen LogP contribution in [0.2, 0.25) is 5.02 Å². The van der Waals surface area contributed by atoms with Gasteiger partial charge in [-0.15, -0.1) is 0 Å². The van der Waals surface area contributed by atoms with Gasteiger partial charge in [0, 0.05) is 5.02 Å². The highest BCUT2D eigenvalue weighted by Gasteiger charge is 1.93. The Morgan fingerprint density at radius 3 is 1.93 bits per heavy atom. The third-order valence-electron chi connectivity index (χ3n) is 1.17. The number of hydrogen-bond acceptors (Lipinski definition) is 1. The number of rotatable bonds is 0. The summed E-state index contributed by atoms with van der Waals surface area (Å²) in [6, 6.07) is 7.29. The van der Waals surface area contributed by atoms with E-state index in [1.807, 2.05) is 46.8 Å². The lowest BCUT2D eigenvalue weighted by molar-refractivity contribution is 1.42. The molecule has 0 N–H and O–H groups in total. The minimum Gasteiger partial charge on any atom is -0.192 e. The minimum atomic E-state index is 0.616. The van der Waals surface area contributed by atoms with E-state index in [0.717, 1.165) is 5.56 Å². The van der Waals surface area contributed by atoms with Crippen molar-refractivity contribution in [2.75, 3.05) is 0 Å². The van der Waals surface area contributed by atoms with Crippen LogP contribution in [0.25, 0.3) is 0 Å². The van der Waals surface area contributed by atoms with Crippen LogP contribution in [0.4, 0.5) is 0 Å². The Hall–Kier alpha value is -1.00. The molecule has 0 spiro atoms. The fourth-order valence-electron chi connectivity index (χ4n) is 0.801. The third-order valence-corrected chi connectivity index (χ3v) is 1.39. The van der Waals surface area contributed by atoms with E-state index in [9.17, 15) is 0 Å². The standard InChI is InChI=1S/C8H6ClN.2C2H6/c1-6-2-7(5-10)4-8(9)3-6;2*1-2/h2-4H,1H3;2*1-2H3. The highest BCUT2D eigenvalue weighted by molar-refractivity contribution is 6.30. The Labute approximate surface area is 92.3 Å². The normalized spacial score (nSPS) is 7.21. The molecular formula is C12H18ClN. The van der Waals surface area contributed by atoms with Crippen molar-refractivity contribution in [2.24, 2.45) is 0 Å². The Morgan fingerprint density at radius 2 is 1.57 bits per heavy atom. The third kappa shape index (κ3) is 6.51. The zero-order valence-electron chi connectivity index (χ0n) is 9.56. The predicted molar refractivity (Wildman–Crippen MR) is 63.6 cm³/mol. The largest absolute Gasteiger partial charge is 0.192 e. The van der Waals surface area contributed by atoms with Crippen LogP contribution in [-0.4, -0.2) is 0 Å². The maximum absolute atomic E-state index is 8.48. The lowest BCUT2D eigenvalue weighted by Gasteiger charge is -1.93. The van der Waals surface area contributed by atoms with Crippen LogP contribution in [0.15, 0.2) is 18.2 Å². The first kappa shape index (κ1) is 15.5. The summed E-state index contributed by atoms with van der Waals surface area (Å²) in [7, 11) is 0. The van der Waals surface area contributed by atoms with Gasteiger partial charge in [0.05, 0.1) is 11.6 Å². The summed E-state index contributed by atoms with van der Waals surface area (Å²) in [4.78, 5) is 0. The van der Waals surface area contributed by atoms with Gasteiger partial charge in [0.15, 0.2) is 0 Å². The average Bonchev–Trinajstić information content (AvgIpc) is 2.22. The molecule has 0 fully saturated rings. The van der Waals surface area contributed by atoms with Crippen molar-refractivity contribution in [3.8, 4) is 6.07 Å². The van der Waals surface area contributed by atoms with E-state index in [0.29, 0.717) is 10.6 Å². The Kier molecular flexibility index (Phi) is 11.1. The molecule has 14 heavy (non-hydrogen) atoms. The van der Waals surface area contributed by atoms with Gasteiger partial charge in [-0.1, -0.05) is 39.3 Å². The summed E-state index contributed by atoms with van der Waals surface area (Å²) in [6.07, 6.45) is 0. The molecule has 2 heteroatoms. The van der Waals surface area contributed by atoms with Gasteiger partial charge in [0.25, 0.3) is 0 Å². The van der Waals surface area contributed by atoms with E-state index in [4.69, 9.17) is 16.9 Å². The molecule has 0 amide bonds. The summed E-state index contributed by atoms with van der Waals surface area (Å²) < 4.78 is 0. The lowest BCUT2D eigenvalue weighted by Crippen LogP contribution is -1.76. The summed E-state index contributed by atoms with van der Waals surface area (Å²) in [5, 5.41) is 9.10. The molecule has 0 bridgehead atoms. The van der Waals surface area contributed by atoms with Crippen molar-refractivity contribution < 1.29 is 0 Å². The van der Waals surface area contributed by atoms with Crippen molar-refractivity contribution in [3.05, 3.63) is 34.3 Å². The maximum Gasteiger partial charge on any atom is 0.0992 e. The highest BCUT2D eigenvalue weighted by atomic mass is 35.5. The molecule has 0 radical (unpaired) electrons. The van der Waals surface area contributed by atoms with Crippen molar-refractivity contribution in [3.63, 3.8) is 0 Å². The van der Waals surface area contributed by atoms with Crippen LogP contribution < -0.4 is 0 Å². The first-order valence-corrected chi connectivity index (χ1v) is 5.27. The van der Waals surface area contributed by atoms with Gasteiger partial charge in [0.2, 0.25) is 0 Å². The molecule has 1 rings (SSSR count). The minimum absolute atomic E-state index is 0.616. The molecule has 1 nitrogen and oxygen atoms in total. The SMILES string of the molecule is CC.CC.Cc1cc(Cl)cc(C#N)c1. The van der Waals surface area contributed by atoms with Crippen molar-refractivity contribution in [1.29, 1.82) is 5.26 Å². The summed E-state index contributed by atoms with van der Waals surface area (Å²) >= 11 is 5.68. The van der Waals surface area contributed by atoms with Crippen LogP contribution in [-0.2, 0) is 0 Å². The quantitative estimate of drug-likeness (QED) is 0.617. The number of aryl methyl sites for hydroxylation is 1. The molecule has 0 saturated heterocycles. The van der Waals surface area contributed by atoms with Gasteiger partial charge in [-0.2, -0.15) is 5.26 Å². The molecule has 78 valence electrons. The second-order valence-corrected chi connectivity index (χ2v) is 2.57. The number of halogens is 1. The van der Waals surface area contributed by atoms with Crippen LogP contribution in [0.3, 0.4) is 0 Å². The van der Waals surface area contributed by atoms with Gasteiger partial charge in [-0.3, -0.25) is 0 Å². The summed E-state index contributed by atoms with van der Waals surface area (Å²) in [5.74, 6) is 0. The molecule has 1 aromatic carbocycles. The first-order chi connectivity index (χ1) is 6.72. The van der Waals surface area contributed by atoms with E-state index in [1.54, 1.807) is 12.1 Å². The summed E-state index contributed by atoms with van der Waals surface area (Å²) in [6.45, 7) is 9.91. The zero-order chi connectivity index (χ0) is 11.6. The van der Waals surface area contributed by atoms with Crippen LogP contribution in [0.5, 0.6) is 0 Å². The summed E-state index contributed by atoms with van der Waals surface area (Å²) in [5.41, 5.74) is 1.63. The zero-order valence-corrected chi connectivity index (χ0v) is 10.3. The number of nitrogens with zero attached hydrogens (tertiary/aromatic N) is 1. The molecule has 0 saturated carbocycles. The number of nitriles is 1. The molecule has 0 heterocycles. The van der Waals surface area contributed by atoms with Crippen LogP contribution in [0.1, 0.15) is 38.8 Å². The molecule has 0 aliphatic rings. The fraction of sp³-hybridized carbons (Fsp3) is 0.417. The molecule has 1 aromatic rings. The lowest BCUT2D eigenvalue weighted by atomic mass is 10.2. The topological polar surface area (TPSA) is 23.8 Å². The smallest absolute Gasteiger partial charge is 0.0992 e. The average molecular weight is 212 g/mol. The predicted octanol–water partition coefficient (Wildman–Crippen LogP) is 4.57. The van der Waals surface area contributed by atoms with E-state index < -0.39 is 0 Å². The second kappa shape index (κ2) is 10.1. The molecule has 0 aliphatic heterocycles. The van der Waals surface area contributed by atoms with E-state index in [-0.39, 0.29) is 0 Å². The van der Waals surface area contributed by atoms with Gasteiger partial charge in [-0.05, 0) is 30.7 Å². The molecule has 0 aromatic heterocycles. The fourth-order valence-corrected chi connectivity index (χ4v) is 1.09. The van der Waals surface area contributed by atoms with Gasteiger partial charge < -0.3 is 0 Å². The van der Waals surface area contributed by atoms with Gasteiger partial charge >= 0.3 is 0 Å². The first-order valence-electron chi connectivity index (χ1n) is 4.89. The van der Waals surface area contributed by atoms with Crippen molar-refractivity contribution in [1.82, 2.24) is 0 Å². The number of benzene rings is 1. The molecule has 0 atom stereocenters. The molecular weight excluding hydrogens is 194 g/mol. The van der Waals surface area contributed by atoms with E-state index >= 15 is 0 Å². The maximum atomic E-state index is 8.48. The molecule has 0 aliphatic carbocycles. The van der Waals surface area contributed by atoms with Gasteiger partial charge in [0.1, 0.15) is 0 Å². The Morgan fingerprint density at radius 1 is 1.07 bits per heavy atom. The monoisotopic (exact) mass is 211 g/mol. The Balaban J connectivity index is 0. The van der Waals surface area contributed by atoms with E-state index in [2.05, 4.69) is 0 Å². The van der Waals surface area contributed by atoms with Gasteiger partial charge in [-0.25, -0.2) is 0 Å².